The fourth-order valence-electron chi connectivity index (χ4n) is 1.59. The number of halogens is 1. The molecule has 1 fully saturated rings. The highest BCUT2D eigenvalue weighted by atomic mass is 127. The standard InChI is InChI=1S/C10H10INO4S/c11-8-3-6(5-17-8)9(13)12-1-2-16-7(4-12)10(14)15/h3,5,7H,1-2,4H2,(H,14,15). The van der Waals surface area contributed by atoms with Gasteiger partial charge in [0.2, 0.25) is 0 Å². The predicted octanol–water partition coefficient (Wildman–Crippen LogP) is 1.28. The van der Waals surface area contributed by atoms with Crippen molar-refractivity contribution in [1.29, 1.82) is 0 Å². The number of aliphatic carboxylic acids is 1. The Kier molecular flexibility index (Phi) is 4.00. The van der Waals surface area contributed by atoms with Crippen molar-refractivity contribution in [3.63, 3.8) is 0 Å². The number of nitrogens with zero attached hydrogens (tertiary/aromatic N) is 1. The third-order valence-electron chi connectivity index (χ3n) is 2.44. The second-order valence-electron chi connectivity index (χ2n) is 3.59. The Hall–Kier alpha value is -0.670. The van der Waals surface area contributed by atoms with Gasteiger partial charge in [-0.2, -0.15) is 0 Å². The number of hydrogen-bond acceptors (Lipinski definition) is 4. The quantitative estimate of drug-likeness (QED) is 0.800. The maximum atomic E-state index is 12.1. The first-order chi connectivity index (χ1) is 8.08. The number of carboxylic acid groups (broad SMARTS) is 1. The number of ether oxygens (including phenoxy) is 1. The molecule has 0 saturated carbocycles. The summed E-state index contributed by atoms with van der Waals surface area (Å²) in [7, 11) is 0. The third-order valence-corrected chi connectivity index (χ3v) is 4.23. The van der Waals surface area contributed by atoms with Gasteiger partial charge in [-0.25, -0.2) is 4.79 Å². The van der Waals surface area contributed by atoms with E-state index in [-0.39, 0.29) is 19.1 Å². The Morgan fingerprint density at radius 3 is 2.94 bits per heavy atom. The van der Waals surface area contributed by atoms with E-state index in [1.54, 1.807) is 11.4 Å². The van der Waals surface area contributed by atoms with Crippen LogP contribution >= 0.6 is 33.9 Å². The maximum absolute atomic E-state index is 12.1. The first-order valence-corrected chi connectivity index (χ1v) is 6.91. The minimum atomic E-state index is -1.03. The van der Waals surface area contributed by atoms with E-state index in [0.717, 1.165) is 2.88 Å². The van der Waals surface area contributed by atoms with E-state index in [9.17, 15) is 9.59 Å². The molecule has 92 valence electrons. The first-order valence-electron chi connectivity index (χ1n) is 4.95. The van der Waals surface area contributed by atoms with Crippen LogP contribution in [0.2, 0.25) is 0 Å². The van der Waals surface area contributed by atoms with Crippen LogP contribution in [0, 0.1) is 2.88 Å². The third kappa shape index (κ3) is 2.96. The average molecular weight is 367 g/mol. The number of carbonyl (C=O) groups excluding carboxylic acids is 1. The molecule has 5 nitrogen and oxygen atoms in total. The van der Waals surface area contributed by atoms with E-state index in [1.807, 2.05) is 0 Å². The lowest BCUT2D eigenvalue weighted by atomic mass is 10.2. The number of hydrogen-bond donors (Lipinski definition) is 1. The summed E-state index contributed by atoms with van der Waals surface area (Å²) in [4.78, 5) is 24.4. The average Bonchev–Trinajstić information content (AvgIpc) is 2.75. The zero-order valence-electron chi connectivity index (χ0n) is 8.76. The summed E-state index contributed by atoms with van der Waals surface area (Å²) in [6.45, 7) is 0.819. The van der Waals surface area contributed by atoms with Gasteiger partial charge >= 0.3 is 5.97 Å². The minimum absolute atomic E-state index is 0.112. The topological polar surface area (TPSA) is 66.8 Å². The highest BCUT2D eigenvalue weighted by Gasteiger charge is 2.29. The van der Waals surface area contributed by atoms with Crippen LogP contribution in [0.15, 0.2) is 11.4 Å². The monoisotopic (exact) mass is 367 g/mol. The molecule has 1 atom stereocenters. The molecule has 1 aromatic heterocycles. The fraction of sp³-hybridized carbons (Fsp3) is 0.400. The van der Waals surface area contributed by atoms with Gasteiger partial charge in [-0.05, 0) is 28.7 Å². The van der Waals surface area contributed by atoms with Crippen LogP contribution in [0.5, 0.6) is 0 Å². The normalized spacial score (nSPS) is 20.3. The Bertz CT molecular complexity index is 447. The van der Waals surface area contributed by atoms with Crippen molar-refractivity contribution in [2.45, 2.75) is 6.10 Å². The van der Waals surface area contributed by atoms with Gasteiger partial charge in [0.05, 0.1) is 21.6 Å². The van der Waals surface area contributed by atoms with E-state index in [0.29, 0.717) is 12.1 Å². The van der Waals surface area contributed by atoms with Gasteiger partial charge in [-0.3, -0.25) is 4.79 Å². The largest absolute Gasteiger partial charge is 0.479 e. The molecule has 1 unspecified atom stereocenters. The lowest BCUT2D eigenvalue weighted by Gasteiger charge is -2.30. The summed E-state index contributed by atoms with van der Waals surface area (Å²) < 4.78 is 6.10. The van der Waals surface area contributed by atoms with Crippen LogP contribution in [0.1, 0.15) is 10.4 Å². The maximum Gasteiger partial charge on any atom is 0.334 e. The molecule has 0 spiro atoms. The molecule has 17 heavy (non-hydrogen) atoms. The number of thiophene rings is 1. The van der Waals surface area contributed by atoms with Crippen LogP contribution < -0.4 is 0 Å². The summed E-state index contributed by atoms with van der Waals surface area (Å²) >= 11 is 3.64. The smallest absolute Gasteiger partial charge is 0.334 e. The zero-order valence-corrected chi connectivity index (χ0v) is 11.7. The summed E-state index contributed by atoms with van der Waals surface area (Å²) in [6, 6.07) is 1.80. The van der Waals surface area contributed by atoms with Crippen molar-refractivity contribution >= 4 is 45.8 Å². The van der Waals surface area contributed by atoms with Gasteiger partial charge in [-0.15, -0.1) is 11.3 Å². The molecule has 0 bridgehead atoms. The van der Waals surface area contributed by atoms with Gasteiger partial charge in [0, 0.05) is 11.9 Å². The molecule has 1 saturated heterocycles. The van der Waals surface area contributed by atoms with Crippen LogP contribution in [-0.4, -0.2) is 47.7 Å². The van der Waals surface area contributed by atoms with E-state index < -0.39 is 12.1 Å². The number of carboxylic acids is 1. The minimum Gasteiger partial charge on any atom is -0.479 e. The molecule has 1 amide bonds. The summed E-state index contributed by atoms with van der Waals surface area (Å²) in [6.07, 6.45) is -0.912. The highest BCUT2D eigenvalue weighted by molar-refractivity contribution is 14.1. The highest BCUT2D eigenvalue weighted by Crippen LogP contribution is 2.19. The number of amides is 1. The lowest BCUT2D eigenvalue weighted by molar-refractivity contribution is -0.154. The van der Waals surface area contributed by atoms with Gasteiger partial charge < -0.3 is 14.7 Å². The van der Waals surface area contributed by atoms with E-state index in [4.69, 9.17) is 9.84 Å². The molecular formula is C10H10INO4S. The Labute approximate surface area is 116 Å². The second-order valence-corrected chi connectivity index (χ2v) is 6.39. The van der Waals surface area contributed by atoms with Gasteiger partial charge in [0.1, 0.15) is 0 Å². The van der Waals surface area contributed by atoms with E-state index in [2.05, 4.69) is 22.6 Å². The molecule has 0 aromatic carbocycles. The van der Waals surface area contributed by atoms with E-state index in [1.165, 1.54) is 16.2 Å². The molecule has 2 heterocycles. The Balaban J connectivity index is 2.07. The van der Waals surface area contributed by atoms with Crippen LogP contribution in [0.25, 0.3) is 0 Å². The number of morpholine rings is 1. The molecule has 0 aliphatic carbocycles. The van der Waals surface area contributed by atoms with Gasteiger partial charge in [0.15, 0.2) is 6.10 Å². The first kappa shape index (κ1) is 12.8. The predicted molar refractivity (Wildman–Crippen MR) is 70.3 cm³/mol. The molecule has 0 radical (unpaired) electrons. The van der Waals surface area contributed by atoms with E-state index >= 15 is 0 Å². The van der Waals surface area contributed by atoms with Crippen LogP contribution in [0.3, 0.4) is 0 Å². The van der Waals surface area contributed by atoms with Crippen molar-refractivity contribution in [2.24, 2.45) is 0 Å². The van der Waals surface area contributed by atoms with Crippen molar-refractivity contribution < 1.29 is 19.4 Å². The molecule has 2 rings (SSSR count). The summed E-state index contributed by atoms with van der Waals surface area (Å²) in [5.41, 5.74) is 0.616. The Morgan fingerprint density at radius 2 is 2.35 bits per heavy atom. The van der Waals surface area contributed by atoms with Crippen molar-refractivity contribution in [3.8, 4) is 0 Å². The number of carbonyl (C=O) groups is 2. The number of rotatable bonds is 2. The SMILES string of the molecule is O=C(O)C1CN(C(=O)c2csc(I)c2)CCO1. The zero-order chi connectivity index (χ0) is 12.4. The molecule has 1 aliphatic rings. The van der Waals surface area contributed by atoms with Crippen LogP contribution in [0.4, 0.5) is 0 Å². The van der Waals surface area contributed by atoms with Gasteiger partial charge in [-0.1, -0.05) is 0 Å². The van der Waals surface area contributed by atoms with Crippen LogP contribution in [-0.2, 0) is 9.53 Å². The van der Waals surface area contributed by atoms with Crippen molar-refractivity contribution in [3.05, 3.63) is 19.9 Å². The molecule has 1 aliphatic heterocycles. The second kappa shape index (κ2) is 5.32. The van der Waals surface area contributed by atoms with Crippen molar-refractivity contribution in [2.75, 3.05) is 19.7 Å². The molecule has 1 N–H and O–H groups in total. The molecule has 7 heteroatoms. The fourth-order valence-corrected chi connectivity index (χ4v) is 2.91. The van der Waals surface area contributed by atoms with Crippen molar-refractivity contribution in [1.82, 2.24) is 4.90 Å². The Morgan fingerprint density at radius 1 is 1.59 bits per heavy atom. The summed E-state index contributed by atoms with van der Waals surface area (Å²) in [5.74, 6) is -1.15. The molecule has 1 aromatic rings. The van der Waals surface area contributed by atoms with Gasteiger partial charge in [0.25, 0.3) is 5.91 Å². The molecular weight excluding hydrogens is 357 g/mol. The lowest BCUT2D eigenvalue weighted by Crippen LogP contribution is -2.48. The summed E-state index contributed by atoms with van der Waals surface area (Å²) in [5, 5.41) is 10.6.